The number of nitrogens with one attached hydrogen (secondary N) is 4. The van der Waals surface area contributed by atoms with Crippen LogP contribution in [0.4, 0.5) is 35.2 Å². The molecule has 2 amide bonds. The van der Waals surface area contributed by atoms with Crippen LogP contribution in [0.5, 0.6) is 0 Å². The number of alkyl halides is 3. The highest BCUT2D eigenvalue weighted by molar-refractivity contribution is 5.99. The summed E-state index contributed by atoms with van der Waals surface area (Å²) in [6.07, 6.45) is 4.36. The lowest BCUT2D eigenvalue weighted by Gasteiger charge is -2.22. The van der Waals surface area contributed by atoms with E-state index in [9.17, 15) is 18.0 Å². The third-order valence-corrected chi connectivity index (χ3v) is 7.12. The molecule has 0 aliphatic heterocycles. The molecule has 0 atom stereocenters. The Balaban J connectivity index is 1.22. The topological polar surface area (TPSA) is 109 Å². The van der Waals surface area contributed by atoms with Crippen molar-refractivity contribution in [2.24, 2.45) is 5.92 Å². The van der Waals surface area contributed by atoms with Crippen LogP contribution in [0.2, 0.25) is 0 Å². The summed E-state index contributed by atoms with van der Waals surface area (Å²) < 4.78 is 43.2. The van der Waals surface area contributed by atoms with Crippen LogP contribution in [0.15, 0.2) is 55.1 Å². The van der Waals surface area contributed by atoms with E-state index >= 15 is 0 Å². The van der Waals surface area contributed by atoms with Gasteiger partial charge < -0.3 is 21.3 Å². The SMILES string of the molecule is CNc1ncnc2c1ncn2-c1ccc(NC(=O)Nc2ccc(CNCC3CCCCC3)c(C(F)(F)F)c2)cc1. The number of carbonyl (C=O) groups is 1. The van der Waals surface area contributed by atoms with Crippen LogP contribution < -0.4 is 21.3 Å². The minimum absolute atomic E-state index is 0.0578. The van der Waals surface area contributed by atoms with E-state index in [1.54, 1.807) is 42.2 Å². The van der Waals surface area contributed by atoms with Crippen molar-refractivity contribution in [1.29, 1.82) is 0 Å². The molecule has 2 heterocycles. The summed E-state index contributed by atoms with van der Waals surface area (Å²) in [5.74, 6) is 1.12. The number of nitrogens with zero attached hydrogens (tertiary/aromatic N) is 4. The predicted molar refractivity (Wildman–Crippen MR) is 149 cm³/mol. The average molecular weight is 553 g/mol. The van der Waals surface area contributed by atoms with Gasteiger partial charge in [0.2, 0.25) is 0 Å². The summed E-state index contributed by atoms with van der Waals surface area (Å²) in [5.41, 5.74) is 1.92. The van der Waals surface area contributed by atoms with Crippen LogP contribution in [-0.2, 0) is 12.7 Å². The molecule has 1 fully saturated rings. The van der Waals surface area contributed by atoms with Crippen molar-refractivity contribution in [3.05, 3.63) is 66.2 Å². The van der Waals surface area contributed by atoms with E-state index in [4.69, 9.17) is 0 Å². The van der Waals surface area contributed by atoms with Gasteiger partial charge in [0, 0.05) is 30.7 Å². The molecular formula is C28H31F3N8O. The van der Waals surface area contributed by atoms with Gasteiger partial charge in [0.1, 0.15) is 12.7 Å². The van der Waals surface area contributed by atoms with E-state index in [1.165, 1.54) is 37.7 Å². The van der Waals surface area contributed by atoms with Crippen molar-refractivity contribution < 1.29 is 18.0 Å². The number of hydrogen-bond acceptors (Lipinski definition) is 6. The Kier molecular flexibility index (Phi) is 8.15. The summed E-state index contributed by atoms with van der Waals surface area (Å²) in [6, 6.07) is 10.1. The van der Waals surface area contributed by atoms with Crippen molar-refractivity contribution >= 4 is 34.4 Å². The first-order chi connectivity index (χ1) is 19.3. The molecule has 12 heteroatoms. The highest BCUT2D eigenvalue weighted by Gasteiger charge is 2.33. The first kappa shape index (κ1) is 27.4. The number of fused-ring (bicyclic) bond motifs is 1. The third-order valence-electron chi connectivity index (χ3n) is 7.12. The molecule has 1 aliphatic rings. The summed E-state index contributed by atoms with van der Waals surface area (Å²) in [5, 5.41) is 11.3. The Morgan fingerprint density at radius 1 is 0.975 bits per heavy atom. The molecule has 5 rings (SSSR count). The first-order valence-electron chi connectivity index (χ1n) is 13.3. The molecule has 0 unspecified atom stereocenters. The van der Waals surface area contributed by atoms with Gasteiger partial charge in [-0.3, -0.25) is 4.57 Å². The molecule has 0 saturated heterocycles. The second kappa shape index (κ2) is 11.9. The van der Waals surface area contributed by atoms with E-state index in [-0.39, 0.29) is 17.8 Å². The van der Waals surface area contributed by atoms with Gasteiger partial charge in [-0.1, -0.05) is 25.3 Å². The quantitative estimate of drug-likeness (QED) is 0.208. The molecular weight excluding hydrogens is 521 g/mol. The summed E-state index contributed by atoms with van der Waals surface area (Å²) >= 11 is 0. The van der Waals surface area contributed by atoms with Gasteiger partial charge in [-0.15, -0.1) is 0 Å². The number of urea groups is 1. The monoisotopic (exact) mass is 552 g/mol. The van der Waals surface area contributed by atoms with Gasteiger partial charge in [-0.2, -0.15) is 13.2 Å². The van der Waals surface area contributed by atoms with E-state index < -0.39 is 17.8 Å². The molecule has 210 valence electrons. The number of imidazole rings is 1. The predicted octanol–water partition coefficient (Wildman–Crippen LogP) is 6.19. The van der Waals surface area contributed by atoms with Crippen molar-refractivity contribution in [2.75, 3.05) is 29.5 Å². The molecule has 1 saturated carbocycles. The maximum Gasteiger partial charge on any atom is 0.416 e. The number of amides is 2. The average Bonchev–Trinajstić information content (AvgIpc) is 3.38. The lowest BCUT2D eigenvalue weighted by atomic mass is 9.89. The molecule has 2 aromatic carbocycles. The second-order valence-electron chi connectivity index (χ2n) is 9.89. The largest absolute Gasteiger partial charge is 0.416 e. The number of halogens is 3. The highest BCUT2D eigenvalue weighted by atomic mass is 19.4. The normalized spacial score (nSPS) is 14.3. The fourth-order valence-electron chi connectivity index (χ4n) is 5.08. The van der Waals surface area contributed by atoms with E-state index in [1.807, 2.05) is 0 Å². The van der Waals surface area contributed by atoms with Crippen LogP contribution in [0.1, 0.15) is 43.2 Å². The van der Waals surface area contributed by atoms with Crippen molar-refractivity contribution in [3.8, 4) is 5.69 Å². The Labute approximate surface area is 229 Å². The fourth-order valence-corrected chi connectivity index (χ4v) is 5.08. The molecule has 0 radical (unpaired) electrons. The Morgan fingerprint density at radius 3 is 2.42 bits per heavy atom. The maximum atomic E-state index is 13.8. The number of rotatable bonds is 8. The standard InChI is InChI=1S/C28H31F3N8O/c1-32-25-24-26(35-16-34-25)39(17-36-24)22-11-9-20(10-12-22)37-27(40)38-21-8-7-19(23(13-21)28(29,30)31)15-33-14-18-5-3-2-4-6-18/h7-13,16-18,33H,2-6,14-15H2,1H3,(H,32,34,35)(H2,37,38,40). The van der Waals surface area contributed by atoms with Crippen LogP contribution in [0.25, 0.3) is 16.9 Å². The number of benzene rings is 2. The number of aromatic nitrogens is 4. The number of carbonyl (C=O) groups excluding carboxylic acids is 1. The van der Waals surface area contributed by atoms with Crippen LogP contribution >= 0.6 is 0 Å². The summed E-state index contributed by atoms with van der Waals surface area (Å²) in [4.78, 5) is 25.4. The van der Waals surface area contributed by atoms with Gasteiger partial charge in [0.05, 0.1) is 5.56 Å². The van der Waals surface area contributed by atoms with Crippen LogP contribution in [0.3, 0.4) is 0 Å². The molecule has 0 spiro atoms. The van der Waals surface area contributed by atoms with E-state index in [0.29, 0.717) is 35.1 Å². The Hall–Kier alpha value is -4.19. The lowest BCUT2D eigenvalue weighted by molar-refractivity contribution is -0.138. The van der Waals surface area contributed by atoms with Crippen molar-refractivity contribution in [1.82, 2.24) is 24.8 Å². The molecule has 4 aromatic rings. The molecule has 9 nitrogen and oxygen atoms in total. The second-order valence-corrected chi connectivity index (χ2v) is 9.89. The Morgan fingerprint density at radius 2 is 1.70 bits per heavy atom. The lowest BCUT2D eigenvalue weighted by Crippen LogP contribution is -2.25. The zero-order chi connectivity index (χ0) is 28.1. The molecule has 2 aromatic heterocycles. The van der Waals surface area contributed by atoms with Gasteiger partial charge in [-0.05, 0) is 67.3 Å². The van der Waals surface area contributed by atoms with Crippen molar-refractivity contribution in [2.45, 2.75) is 44.8 Å². The van der Waals surface area contributed by atoms with Crippen LogP contribution in [0, 0.1) is 5.92 Å². The zero-order valence-corrected chi connectivity index (χ0v) is 22.1. The minimum Gasteiger partial charge on any atom is -0.371 e. The van der Waals surface area contributed by atoms with E-state index in [2.05, 4.69) is 36.2 Å². The summed E-state index contributed by atoms with van der Waals surface area (Å²) in [6.45, 7) is 0.832. The fraction of sp³-hybridized carbons (Fsp3) is 0.357. The number of anilines is 3. The van der Waals surface area contributed by atoms with Crippen molar-refractivity contribution in [3.63, 3.8) is 0 Å². The molecule has 0 bridgehead atoms. The summed E-state index contributed by atoms with van der Waals surface area (Å²) in [7, 11) is 1.75. The van der Waals surface area contributed by atoms with Gasteiger partial charge in [0.25, 0.3) is 0 Å². The van der Waals surface area contributed by atoms with E-state index in [0.717, 1.165) is 24.6 Å². The molecule has 40 heavy (non-hydrogen) atoms. The van der Waals surface area contributed by atoms with Gasteiger partial charge in [-0.25, -0.2) is 19.7 Å². The molecule has 4 N–H and O–H groups in total. The third kappa shape index (κ3) is 6.33. The van der Waals surface area contributed by atoms with Gasteiger partial charge in [0.15, 0.2) is 17.0 Å². The van der Waals surface area contributed by atoms with Crippen LogP contribution in [-0.4, -0.2) is 39.1 Å². The smallest absolute Gasteiger partial charge is 0.371 e. The zero-order valence-electron chi connectivity index (χ0n) is 22.1. The highest BCUT2D eigenvalue weighted by Crippen LogP contribution is 2.34. The number of hydrogen-bond donors (Lipinski definition) is 4. The molecule has 1 aliphatic carbocycles. The first-order valence-corrected chi connectivity index (χ1v) is 13.3. The minimum atomic E-state index is -4.54. The Bertz CT molecular complexity index is 1460. The van der Waals surface area contributed by atoms with Gasteiger partial charge >= 0.3 is 12.2 Å². The maximum absolute atomic E-state index is 13.8.